The number of phenolic OH excluding ortho intramolecular Hbond substituents is 1. The molecule has 0 bridgehead atoms. The van der Waals surface area contributed by atoms with Crippen molar-refractivity contribution in [3.8, 4) is 5.75 Å². The largest absolute Gasteiger partial charge is 0.508 e. The van der Waals surface area contributed by atoms with Crippen molar-refractivity contribution in [2.45, 2.75) is 12.5 Å². The number of likely N-dealkylation sites (N-methyl/N-ethyl adjacent to an activating group) is 1. The Bertz CT molecular complexity index is 323. The van der Waals surface area contributed by atoms with E-state index in [2.05, 4.69) is 23.3 Å². The highest BCUT2D eigenvalue weighted by molar-refractivity contribution is 5.27. The second-order valence-electron chi connectivity index (χ2n) is 4.21. The lowest BCUT2D eigenvalue weighted by molar-refractivity contribution is 0.182. The first-order valence-corrected chi connectivity index (χ1v) is 5.44. The van der Waals surface area contributed by atoms with Crippen molar-refractivity contribution in [3.63, 3.8) is 0 Å². The molecule has 3 nitrogen and oxygen atoms in total. The van der Waals surface area contributed by atoms with Crippen LogP contribution in [0.25, 0.3) is 0 Å². The number of nitrogens with zero attached hydrogens (tertiary/aromatic N) is 1. The summed E-state index contributed by atoms with van der Waals surface area (Å²) in [5.74, 6) is 0.362. The predicted molar refractivity (Wildman–Crippen MR) is 61.1 cm³/mol. The molecule has 1 heterocycles. The molecule has 1 aliphatic rings. The van der Waals surface area contributed by atoms with Gasteiger partial charge in [-0.1, -0.05) is 12.1 Å². The molecule has 82 valence electrons. The van der Waals surface area contributed by atoms with Gasteiger partial charge in [-0.2, -0.15) is 0 Å². The molecule has 0 aromatic heterocycles. The van der Waals surface area contributed by atoms with E-state index < -0.39 is 0 Å². The number of hydrogen-bond donors (Lipinski definition) is 2. The molecule has 2 N–H and O–H groups in total. The summed E-state index contributed by atoms with van der Waals surface area (Å²) in [7, 11) is 2.16. The molecule has 0 saturated carbocycles. The van der Waals surface area contributed by atoms with Crippen LogP contribution in [-0.2, 0) is 6.42 Å². The average Bonchev–Trinajstić information content (AvgIpc) is 2.12. The van der Waals surface area contributed by atoms with E-state index in [1.807, 2.05) is 12.1 Å². The third-order valence-corrected chi connectivity index (χ3v) is 3.05. The van der Waals surface area contributed by atoms with Crippen LogP contribution in [0.3, 0.4) is 0 Å². The van der Waals surface area contributed by atoms with Gasteiger partial charge in [-0.3, -0.25) is 0 Å². The van der Waals surface area contributed by atoms with Crippen molar-refractivity contribution in [1.29, 1.82) is 0 Å². The Hall–Kier alpha value is -1.06. The summed E-state index contributed by atoms with van der Waals surface area (Å²) in [6.45, 7) is 3.27. The predicted octanol–water partition coefficient (Wildman–Crippen LogP) is 0.838. The van der Waals surface area contributed by atoms with Crippen LogP contribution in [0.15, 0.2) is 24.3 Å². The molecule has 0 unspecified atom stereocenters. The minimum Gasteiger partial charge on any atom is -0.508 e. The Morgan fingerprint density at radius 3 is 2.87 bits per heavy atom. The highest BCUT2D eigenvalue weighted by atomic mass is 16.3. The lowest BCUT2D eigenvalue weighted by atomic mass is 10.1. The van der Waals surface area contributed by atoms with Gasteiger partial charge in [0.15, 0.2) is 0 Å². The Morgan fingerprint density at radius 2 is 2.27 bits per heavy atom. The van der Waals surface area contributed by atoms with E-state index >= 15 is 0 Å². The first kappa shape index (κ1) is 10.5. The van der Waals surface area contributed by atoms with Crippen molar-refractivity contribution in [3.05, 3.63) is 29.8 Å². The van der Waals surface area contributed by atoms with E-state index in [-0.39, 0.29) is 0 Å². The standard InChI is InChI=1S/C12H18N2O/c1-14(11-8-13-9-11)6-5-10-3-2-4-12(15)7-10/h2-4,7,11,13,15H,5-6,8-9H2,1H3. The fourth-order valence-electron chi connectivity index (χ4n) is 1.79. The molecule has 3 heteroatoms. The van der Waals surface area contributed by atoms with Crippen molar-refractivity contribution in [2.24, 2.45) is 0 Å². The molecule has 1 aliphatic heterocycles. The van der Waals surface area contributed by atoms with Crippen molar-refractivity contribution in [1.82, 2.24) is 10.2 Å². The van der Waals surface area contributed by atoms with Crippen LogP contribution in [0, 0.1) is 0 Å². The fraction of sp³-hybridized carbons (Fsp3) is 0.500. The van der Waals surface area contributed by atoms with Gasteiger partial charge in [-0.15, -0.1) is 0 Å². The zero-order chi connectivity index (χ0) is 10.7. The molecule has 0 atom stereocenters. The van der Waals surface area contributed by atoms with Crippen molar-refractivity contribution < 1.29 is 5.11 Å². The van der Waals surface area contributed by atoms with Crippen LogP contribution in [0.1, 0.15) is 5.56 Å². The van der Waals surface area contributed by atoms with Gasteiger partial charge in [-0.25, -0.2) is 0 Å². The molecule has 0 amide bonds. The van der Waals surface area contributed by atoms with E-state index in [1.54, 1.807) is 6.07 Å². The maximum atomic E-state index is 9.32. The topological polar surface area (TPSA) is 35.5 Å². The third kappa shape index (κ3) is 2.70. The lowest BCUT2D eigenvalue weighted by Gasteiger charge is -2.35. The SMILES string of the molecule is CN(CCc1cccc(O)c1)C1CNC1. The van der Waals surface area contributed by atoms with Gasteiger partial charge in [0.2, 0.25) is 0 Å². The Labute approximate surface area is 90.7 Å². The molecule has 1 aromatic rings. The quantitative estimate of drug-likeness (QED) is 0.766. The number of rotatable bonds is 4. The van der Waals surface area contributed by atoms with Crippen LogP contribution in [0.4, 0.5) is 0 Å². The van der Waals surface area contributed by atoms with Gasteiger partial charge in [-0.05, 0) is 31.2 Å². The molecule has 1 saturated heterocycles. The van der Waals surface area contributed by atoms with Crippen LogP contribution < -0.4 is 5.32 Å². The number of benzene rings is 1. The van der Waals surface area contributed by atoms with Crippen LogP contribution in [0.2, 0.25) is 0 Å². The molecule has 1 aromatic carbocycles. The molecule has 0 aliphatic carbocycles. The molecule has 2 rings (SSSR count). The van der Waals surface area contributed by atoms with Crippen molar-refractivity contribution in [2.75, 3.05) is 26.7 Å². The minimum atomic E-state index is 0.362. The van der Waals surface area contributed by atoms with E-state index in [4.69, 9.17) is 0 Å². The van der Waals surface area contributed by atoms with E-state index in [0.29, 0.717) is 11.8 Å². The summed E-state index contributed by atoms with van der Waals surface area (Å²) in [5.41, 5.74) is 1.20. The smallest absolute Gasteiger partial charge is 0.115 e. The van der Waals surface area contributed by atoms with Gasteiger partial charge in [0.25, 0.3) is 0 Å². The summed E-state index contributed by atoms with van der Waals surface area (Å²) in [4.78, 5) is 2.38. The normalized spacial score (nSPS) is 16.7. The van der Waals surface area contributed by atoms with Crippen LogP contribution >= 0.6 is 0 Å². The number of aromatic hydroxyl groups is 1. The first-order valence-electron chi connectivity index (χ1n) is 5.44. The Morgan fingerprint density at radius 1 is 1.47 bits per heavy atom. The summed E-state index contributed by atoms with van der Waals surface area (Å²) in [6.07, 6.45) is 1.00. The fourth-order valence-corrected chi connectivity index (χ4v) is 1.79. The average molecular weight is 206 g/mol. The molecule has 0 spiro atoms. The summed E-state index contributed by atoms with van der Waals surface area (Å²) < 4.78 is 0. The highest BCUT2D eigenvalue weighted by Gasteiger charge is 2.20. The zero-order valence-electron chi connectivity index (χ0n) is 9.11. The van der Waals surface area contributed by atoms with Crippen LogP contribution in [0.5, 0.6) is 5.75 Å². The van der Waals surface area contributed by atoms with E-state index in [0.717, 1.165) is 26.1 Å². The highest BCUT2D eigenvalue weighted by Crippen LogP contribution is 2.12. The van der Waals surface area contributed by atoms with E-state index in [1.165, 1.54) is 5.56 Å². The number of hydrogen-bond acceptors (Lipinski definition) is 3. The molecule has 1 fully saturated rings. The first-order chi connectivity index (χ1) is 7.25. The second kappa shape index (κ2) is 4.64. The van der Waals surface area contributed by atoms with Gasteiger partial charge in [0.05, 0.1) is 0 Å². The monoisotopic (exact) mass is 206 g/mol. The molecular weight excluding hydrogens is 188 g/mol. The zero-order valence-corrected chi connectivity index (χ0v) is 9.11. The van der Waals surface area contributed by atoms with Gasteiger partial charge in [0, 0.05) is 25.7 Å². The number of nitrogens with one attached hydrogen (secondary N) is 1. The maximum absolute atomic E-state index is 9.32. The van der Waals surface area contributed by atoms with Crippen molar-refractivity contribution >= 4 is 0 Å². The molecule has 15 heavy (non-hydrogen) atoms. The van der Waals surface area contributed by atoms with E-state index in [9.17, 15) is 5.11 Å². The summed E-state index contributed by atoms with van der Waals surface area (Å²) in [6, 6.07) is 8.21. The third-order valence-electron chi connectivity index (χ3n) is 3.05. The summed E-state index contributed by atoms with van der Waals surface area (Å²) in [5, 5.41) is 12.6. The van der Waals surface area contributed by atoms with Crippen LogP contribution in [-0.4, -0.2) is 42.7 Å². The molecular formula is C12H18N2O. The maximum Gasteiger partial charge on any atom is 0.115 e. The molecule has 0 radical (unpaired) electrons. The van der Waals surface area contributed by atoms with Gasteiger partial charge in [0.1, 0.15) is 5.75 Å². The minimum absolute atomic E-state index is 0.362. The Kier molecular flexibility index (Phi) is 3.23. The second-order valence-corrected chi connectivity index (χ2v) is 4.21. The van der Waals surface area contributed by atoms with Gasteiger partial charge >= 0.3 is 0 Å². The number of phenols is 1. The summed E-state index contributed by atoms with van der Waals surface area (Å²) >= 11 is 0. The van der Waals surface area contributed by atoms with Gasteiger partial charge < -0.3 is 15.3 Å². The Balaban J connectivity index is 1.81. The lowest BCUT2D eigenvalue weighted by Crippen LogP contribution is -2.56.